The van der Waals surface area contributed by atoms with E-state index in [9.17, 15) is 0 Å². The van der Waals surface area contributed by atoms with E-state index in [1.54, 1.807) is 0 Å². The Morgan fingerprint density at radius 1 is 0.750 bits per heavy atom. The average Bonchev–Trinajstić information content (AvgIpc) is 2.61. The van der Waals surface area contributed by atoms with E-state index in [1.165, 1.54) is 38.9 Å². The van der Waals surface area contributed by atoms with E-state index in [-0.39, 0.29) is 0 Å². The minimum atomic E-state index is 0.546. The van der Waals surface area contributed by atoms with Gasteiger partial charge in [-0.1, -0.05) is 86.1 Å². The van der Waals surface area contributed by atoms with Gasteiger partial charge in [-0.05, 0) is 59.6 Å². The van der Waals surface area contributed by atoms with Crippen molar-refractivity contribution in [1.82, 2.24) is 0 Å². The molecule has 24 heavy (non-hydrogen) atoms. The zero-order chi connectivity index (χ0) is 17.1. The summed E-state index contributed by atoms with van der Waals surface area (Å²) in [5, 5.41) is 0. The van der Waals surface area contributed by atoms with Crippen LogP contribution in [0.4, 0.5) is 0 Å². The largest absolute Gasteiger partial charge is 0.0648 e. The Balaban J connectivity index is 2.30. The maximum absolute atomic E-state index is 2.33. The molecule has 0 radical (unpaired) electrons. The van der Waals surface area contributed by atoms with E-state index in [0.29, 0.717) is 5.92 Å². The summed E-state index contributed by atoms with van der Waals surface area (Å²) >= 11 is 0. The summed E-state index contributed by atoms with van der Waals surface area (Å²) in [6, 6.07) is 24.4. The van der Waals surface area contributed by atoms with Gasteiger partial charge in [0.25, 0.3) is 0 Å². The van der Waals surface area contributed by atoms with Crippen molar-refractivity contribution in [2.75, 3.05) is 0 Å². The second-order valence-corrected chi connectivity index (χ2v) is 6.76. The van der Waals surface area contributed by atoms with Crippen LogP contribution in [0.2, 0.25) is 0 Å². The number of hydrogen-bond acceptors (Lipinski definition) is 0. The Hall–Kier alpha value is -2.34. The highest BCUT2D eigenvalue weighted by Gasteiger charge is 2.17. The molecule has 0 saturated carbocycles. The molecule has 0 aliphatic heterocycles. The first-order valence-corrected chi connectivity index (χ1v) is 8.87. The van der Waals surface area contributed by atoms with Crippen LogP contribution in [0, 0.1) is 13.8 Å². The van der Waals surface area contributed by atoms with Gasteiger partial charge in [-0.2, -0.15) is 0 Å². The predicted molar refractivity (Wildman–Crippen MR) is 105 cm³/mol. The highest BCUT2D eigenvalue weighted by Crippen LogP contribution is 2.40. The maximum Gasteiger partial charge on any atom is -0.00679 e. The highest BCUT2D eigenvalue weighted by atomic mass is 14.2. The van der Waals surface area contributed by atoms with Crippen LogP contribution in [0.5, 0.6) is 0 Å². The van der Waals surface area contributed by atoms with E-state index >= 15 is 0 Å². The minimum Gasteiger partial charge on any atom is -0.0648 e. The summed E-state index contributed by atoms with van der Waals surface area (Å²) in [7, 11) is 0. The lowest BCUT2D eigenvalue weighted by Gasteiger charge is -2.21. The Morgan fingerprint density at radius 3 is 2.08 bits per heavy atom. The van der Waals surface area contributed by atoms with Crippen LogP contribution < -0.4 is 0 Å². The molecule has 0 amide bonds. The fourth-order valence-corrected chi connectivity index (χ4v) is 3.33. The van der Waals surface area contributed by atoms with Gasteiger partial charge in [-0.3, -0.25) is 0 Å². The molecule has 3 aromatic carbocycles. The molecular weight excluding hydrogens is 288 g/mol. The van der Waals surface area contributed by atoms with Crippen LogP contribution in [-0.2, 0) is 0 Å². The first-order valence-electron chi connectivity index (χ1n) is 8.87. The van der Waals surface area contributed by atoms with Gasteiger partial charge in [0.05, 0.1) is 0 Å². The number of hydrogen-bond donors (Lipinski definition) is 0. The van der Waals surface area contributed by atoms with Crippen molar-refractivity contribution in [2.24, 2.45) is 0 Å². The molecule has 1 unspecified atom stereocenters. The Labute approximate surface area is 146 Å². The molecule has 3 aromatic rings. The van der Waals surface area contributed by atoms with Crippen molar-refractivity contribution in [3.8, 4) is 22.3 Å². The predicted octanol–water partition coefficient (Wildman–Crippen LogP) is 7.15. The van der Waals surface area contributed by atoms with Gasteiger partial charge >= 0.3 is 0 Å². The quantitative estimate of drug-likeness (QED) is 0.479. The second-order valence-electron chi connectivity index (χ2n) is 6.76. The van der Waals surface area contributed by atoms with Crippen molar-refractivity contribution in [2.45, 2.75) is 40.0 Å². The first kappa shape index (κ1) is 16.5. The van der Waals surface area contributed by atoms with Gasteiger partial charge in [0.2, 0.25) is 0 Å². The van der Waals surface area contributed by atoms with Crippen LogP contribution in [0.1, 0.15) is 42.9 Å². The lowest BCUT2D eigenvalue weighted by atomic mass is 9.83. The van der Waals surface area contributed by atoms with Gasteiger partial charge in [-0.25, -0.2) is 0 Å². The summed E-state index contributed by atoms with van der Waals surface area (Å²) in [5.41, 5.74) is 9.46. The molecule has 0 N–H and O–H groups in total. The standard InChI is InChI=1S/C24H26/c1-5-18(3)21-11-8-12-23(20-15-13-17(2)14-16-20)24(21)22-10-7-6-9-19(22)4/h6-16,18H,5H2,1-4H3. The lowest BCUT2D eigenvalue weighted by Crippen LogP contribution is -1.99. The normalized spacial score (nSPS) is 12.2. The zero-order valence-electron chi connectivity index (χ0n) is 15.1. The monoisotopic (exact) mass is 314 g/mol. The van der Waals surface area contributed by atoms with E-state index in [1.807, 2.05) is 0 Å². The number of benzene rings is 3. The molecule has 0 saturated heterocycles. The van der Waals surface area contributed by atoms with E-state index < -0.39 is 0 Å². The summed E-state index contributed by atoms with van der Waals surface area (Å²) in [5.74, 6) is 0.546. The molecule has 0 nitrogen and oxygen atoms in total. The maximum atomic E-state index is 2.33. The van der Waals surface area contributed by atoms with Crippen molar-refractivity contribution in [3.63, 3.8) is 0 Å². The van der Waals surface area contributed by atoms with Crippen molar-refractivity contribution >= 4 is 0 Å². The molecule has 0 aliphatic carbocycles. The molecule has 0 fully saturated rings. The smallest absolute Gasteiger partial charge is 0.00679 e. The molecule has 0 aliphatic rings. The van der Waals surface area contributed by atoms with E-state index in [2.05, 4.69) is 94.4 Å². The van der Waals surface area contributed by atoms with Crippen LogP contribution >= 0.6 is 0 Å². The molecule has 3 rings (SSSR count). The van der Waals surface area contributed by atoms with Crippen LogP contribution in [0.25, 0.3) is 22.3 Å². The molecule has 0 heteroatoms. The molecule has 122 valence electrons. The molecule has 0 heterocycles. The molecule has 0 aromatic heterocycles. The van der Waals surface area contributed by atoms with Crippen LogP contribution in [-0.4, -0.2) is 0 Å². The van der Waals surface area contributed by atoms with E-state index in [4.69, 9.17) is 0 Å². The highest BCUT2D eigenvalue weighted by molar-refractivity contribution is 5.87. The SMILES string of the molecule is CCC(C)c1cccc(-c2ccc(C)cc2)c1-c1ccccc1C. The summed E-state index contributed by atoms with van der Waals surface area (Å²) < 4.78 is 0. The first-order chi connectivity index (χ1) is 11.6. The van der Waals surface area contributed by atoms with Crippen molar-refractivity contribution < 1.29 is 0 Å². The Kier molecular flexibility index (Phi) is 4.85. The topological polar surface area (TPSA) is 0 Å². The van der Waals surface area contributed by atoms with Gasteiger partial charge in [0, 0.05) is 0 Å². The number of rotatable bonds is 4. The van der Waals surface area contributed by atoms with Gasteiger partial charge in [0.15, 0.2) is 0 Å². The Bertz CT molecular complexity index is 825. The van der Waals surface area contributed by atoms with Crippen molar-refractivity contribution in [3.05, 3.63) is 83.4 Å². The second kappa shape index (κ2) is 7.05. The fraction of sp³-hybridized carbons (Fsp3) is 0.250. The van der Waals surface area contributed by atoms with Crippen LogP contribution in [0.15, 0.2) is 66.7 Å². The van der Waals surface area contributed by atoms with Crippen LogP contribution in [0.3, 0.4) is 0 Å². The molecule has 1 atom stereocenters. The third-order valence-electron chi connectivity index (χ3n) is 5.02. The van der Waals surface area contributed by atoms with Crippen molar-refractivity contribution in [1.29, 1.82) is 0 Å². The average molecular weight is 314 g/mol. The van der Waals surface area contributed by atoms with Gasteiger partial charge < -0.3 is 0 Å². The Morgan fingerprint density at radius 2 is 1.42 bits per heavy atom. The lowest BCUT2D eigenvalue weighted by molar-refractivity contribution is 0.735. The van der Waals surface area contributed by atoms with Gasteiger partial charge in [-0.15, -0.1) is 0 Å². The van der Waals surface area contributed by atoms with Gasteiger partial charge in [0.1, 0.15) is 0 Å². The molecule has 0 spiro atoms. The summed E-state index contributed by atoms with van der Waals surface area (Å²) in [6.45, 7) is 8.95. The fourth-order valence-electron chi connectivity index (χ4n) is 3.33. The third-order valence-corrected chi connectivity index (χ3v) is 5.02. The zero-order valence-corrected chi connectivity index (χ0v) is 15.1. The minimum absolute atomic E-state index is 0.546. The third kappa shape index (κ3) is 3.14. The molecular formula is C24H26. The number of aryl methyl sites for hydroxylation is 2. The molecule has 0 bridgehead atoms. The summed E-state index contributed by atoms with van der Waals surface area (Å²) in [6.07, 6.45) is 1.15. The summed E-state index contributed by atoms with van der Waals surface area (Å²) in [4.78, 5) is 0. The van der Waals surface area contributed by atoms with E-state index in [0.717, 1.165) is 6.42 Å².